The molecule has 0 saturated carbocycles. The summed E-state index contributed by atoms with van der Waals surface area (Å²) in [5.74, 6) is 2.13. The molecule has 150 valence electrons. The Bertz CT molecular complexity index is 1140. The Morgan fingerprint density at radius 3 is 2.93 bits per heavy atom. The van der Waals surface area contributed by atoms with Gasteiger partial charge in [0.15, 0.2) is 11.4 Å². The van der Waals surface area contributed by atoms with E-state index in [4.69, 9.17) is 14.9 Å². The van der Waals surface area contributed by atoms with Crippen molar-refractivity contribution in [2.24, 2.45) is 5.73 Å². The summed E-state index contributed by atoms with van der Waals surface area (Å²) in [6.45, 7) is 6.02. The van der Waals surface area contributed by atoms with E-state index >= 15 is 0 Å². The van der Waals surface area contributed by atoms with Crippen LogP contribution in [0, 0.1) is 0 Å². The first-order valence-corrected chi connectivity index (χ1v) is 9.77. The second-order valence-corrected chi connectivity index (χ2v) is 7.27. The van der Waals surface area contributed by atoms with Crippen LogP contribution in [0.15, 0.2) is 41.1 Å². The van der Waals surface area contributed by atoms with Crippen molar-refractivity contribution >= 4 is 22.4 Å². The molecular formula is C20H23N7O2. The van der Waals surface area contributed by atoms with Gasteiger partial charge in [0, 0.05) is 44.5 Å². The molecule has 1 aliphatic rings. The molecule has 5 heterocycles. The summed E-state index contributed by atoms with van der Waals surface area (Å²) in [5.41, 5.74) is 8.04. The number of fused-ring (bicyclic) bond motifs is 2. The number of ether oxygens (including phenoxy) is 1. The number of anilines is 1. The minimum Gasteiger partial charge on any atom is -0.475 e. The topological polar surface area (TPSA) is 107 Å². The number of hydrogen-bond donors (Lipinski definition) is 2. The summed E-state index contributed by atoms with van der Waals surface area (Å²) in [6, 6.07) is 7.49. The minimum absolute atomic E-state index is 0.0685. The molecule has 9 heteroatoms. The number of rotatable bonds is 5. The highest BCUT2D eigenvalue weighted by Gasteiger charge is 2.19. The van der Waals surface area contributed by atoms with E-state index in [9.17, 15) is 0 Å². The predicted octanol–water partition coefficient (Wildman–Crippen LogP) is 1.67. The Hall–Kier alpha value is -3.17. The van der Waals surface area contributed by atoms with Crippen molar-refractivity contribution in [1.29, 1.82) is 0 Å². The van der Waals surface area contributed by atoms with Gasteiger partial charge in [0.1, 0.15) is 23.7 Å². The van der Waals surface area contributed by atoms with Crippen LogP contribution in [0.1, 0.15) is 6.92 Å². The molecule has 1 aliphatic heterocycles. The highest BCUT2D eigenvalue weighted by atomic mass is 16.5. The third-order valence-corrected chi connectivity index (χ3v) is 4.93. The summed E-state index contributed by atoms with van der Waals surface area (Å²) in [6.07, 6.45) is 3.55. The zero-order chi connectivity index (χ0) is 19.8. The van der Waals surface area contributed by atoms with Gasteiger partial charge in [0.05, 0.1) is 11.6 Å². The van der Waals surface area contributed by atoms with Crippen LogP contribution in [0.5, 0.6) is 5.88 Å². The quantitative estimate of drug-likeness (QED) is 0.527. The van der Waals surface area contributed by atoms with Crippen molar-refractivity contribution in [1.82, 2.24) is 24.9 Å². The van der Waals surface area contributed by atoms with E-state index in [0.717, 1.165) is 48.7 Å². The molecule has 0 amide bonds. The van der Waals surface area contributed by atoms with Crippen molar-refractivity contribution in [2.45, 2.75) is 13.0 Å². The van der Waals surface area contributed by atoms with E-state index in [1.807, 2.05) is 25.1 Å². The first kappa shape index (κ1) is 17.9. The van der Waals surface area contributed by atoms with E-state index < -0.39 is 0 Å². The van der Waals surface area contributed by atoms with Crippen LogP contribution >= 0.6 is 0 Å². The number of aromatic nitrogens is 4. The first-order chi connectivity index (χ1) is 14.2. The zero-order valence-electron chi connectivity index (χ0n) is 16.2. The number of piperazine rings is 1. The molecule has 1 saturated heterocycles. The number of nitrogens with one attached hydrogen (secondary N) is 1. The smallest absolute Gasteiger partial charge is 0.231 e. The number of furan rings is 1. The molecule has 0 aliphatic carbocycles. The number of nitrogens with two attached hydrogens (primary N) is 1. The fourth-order valence-electron chi connectivity index (χ4n) is 3.52. The third-order valence-electron chi connectivity index (χ3n) is 4.93. The van der Waals surface area contributed by atoms with Gasteiger partial charge in [0.2, 0.25) is 5.88 Å². The third kappa shape index (κ3) is 3.39. The summed E-state index contributed by atoms with van der Waals surface area (Å²) in [5, 5.41) is 8.91. The summed E-state index contributed by atoms with van der Waals surface area (Å²) in [4.78, 5) is 11.3. The lowest BCUT2D eigenvalue weighted by molar-refractivity contribution is 0.281. The van der Waals surface area contributed by atoms with Crippen LogP contribution < -0.4 is 20.7 Å². The number of nitrogens with zero attached hydrogens (tertiary/aromatic N) is 5. The summed E-state index contributed by atoms with van der Waals surface area (Å²) >= 11 is 0. The number of imidazole rings is 1. The molecule has 0 aromatic carbocycles. The predicted molar refractivity (Wildman–Crippen MR) is 110 cm³/mol. The maximum Gasteiger partial charge on any atom is 0.231 e. The SMILES string of the molecule is CC(N)COc1ccc2ncc(-c3cc4c(N5CCNCC5)nccc4o3)n2n1. The van der Waals surface area contributed by atoms with Crippen molar-refractivity contribution in [2.75, 3.05) is 37.7 Å². The van der Waals surface area contributed by atoms with Crippen LogP contribution in [0.2, 0.25) is 0 Å². The van der Waals surface area contributed by atoms with Crippen LogP contribution in [-0.4, -0.2) is 58.4 Å². The first-order valence-electron chi connectivity index (χ1n) is 9.77. The van der Waals surface area contributed by atoms with Crippen molar-refractivity contribution < 1.29 is 9.15 Å². The molecule has 3 N–H and O–H groups in total. The van der Waals surface area contributed by atoms with Gasteiger partial charge in [0.25, 0.3) is 0 Å². The minimum atomic E-state index is -0.0685. The molecule has 0 spiro atoms. The van der Waals surface area contributed by atoms with E-state index in [1.54, 1.807) is 23.0 Å². The van der Waals surface area contributed by atoms with Crippen LogP contribution in [0.25, 0.3) is 28.1 Å². The molecular weight excluding hydrogens is 370 g/mol. The molecule has 29 heavy (non-hydrogen) atoms. The van der Waals surface area contributed by atoms with E-state index in [2.05, 4.69) is 25.3 Å². The Balaban J connectivity index is 1.55. The maximum atomic E-state index is 6.15. The zero-order valence-corrected chi connectivity index (χ0v) is 16.2. The van der Waals surface area contributed by atoms with Crippen LogP contribution in [-0.2, 0) is 0 Å². The highest BCUT2D eigenvalue weighted by molar-refractivity contribution is 5.92. The van der Waals surface area contributed by atoms with Crippen LogP contribution in [0.3, 0.4) is 0 Å². The van der Waals surface area contributed by atoms with Gasteiger partial charge in [-0.1, -0.05) is 0 Å². The largest absolute Gasteiger partial charge is 0.475 e. The highest BCUT2D eigenvalue weighted by Crippen LogP contribution is 2.33. The lowest BCUT2D eigenvalue weighted by atomic mass is 10.2. The Kier molecular flexibility index (Phi) is 4.53. The number of pyridine rings is 1. The lowest BCUT2D eigenvalue weighted by Gasteiger charge is -2.28. The van der Waals surface area contributed by atoms with Gasteiger partial charge in [-0.05, 0) is 25.1 Å². The van der Waals surface area contributed by atoms with Crippen LogP contribution in [0.4, 0.5) is 5.82 Å². The van der Waals surface area contributed by atoms with Gasteiger partial charge in [-0.25, -0.2) is 14.5 Å². The standard InChI is InChI=1S/C20H23N7O2/c1-13(21)12-28-19-3-2-18-24-11-15(27(18)25-19)17-10-14-16(29-17)4-5-23-20(14)26-8-6-22-7-9-26/h2-5,10-11,13,22H,6-9,12,21H2,1H3. The average molecular weight is 393 g/mol. The Labute approximate surface area is 167 Å². The fraction of sp³-hybridized carbons (Fsp3) is 0.350. The summed E-state index contributed by atoms with van der Waals surface area (Å²) < 4.78 is 13.5. The molecule has 1 atom stereocenters. The van der Waals surface area contributed by atoms with E-state index in [0.29, 0.717) is 23.9 Å². The molecule has 9 nitrogen and oxygen atoms in total. The van der Waals surface area contributed by atoms with Gasteiger partial charge in [-0.3, -0.25) is 0 Å². The normalized spacial score (nSPS) is 15.9. The summed E-state index contributed by atoms with van der Waals surface area (Å²) in [7, 11) is 0. The van der Waals surface area contributed by atoms with E-state index in [-0.39, 0.29) is 6.04 Å². The second kappa shape index (κ2) is 7.34. The molecule has 1 unspecified atom stereocenters. The lowest BCUT2D eigenvalue weighted by Crippen LogP contribution is -2.43. The van der Waals surface area contributed by atoms with Gasteiger partial charge < -0.3 is 25.1 Å². The molecule has 5 rings (SSSR count). The second-order valence-electron chi connectivity index (χ2n) is 7.27. The molecule has 0 bridgehead atoms. The van der Waals surface area contributed by atoms with Crippen molar-refractivity contribution in [3.05, 3.63) is 36.7 Å². The van der Waals surface area contributed by atoms with Gasteiger partial charge >= 0.3 is 0 Å². The fourth-order valence-corrected chi connectivity index (χ4v) is 3.52. The van der Waals surface area contributed by atoms with Crippen molar-refractivity contribution in [3.8, 4) is 17.3 Å². The molecule has 4 aromatic heterocycles. The maximum absolute atomic E-state index is 6.15. The van der Waals surface area contributed by atoms with Crippen molar-refractivity contribution in [3.63, 3.8) is 0 Å². The number of hydrogen-bond acceptors (Lipinski definition) is 8. The molecule has 1 fully saturated rings. The van der Waals surface area contributed by atoms with Gasteiger partial charge in [-0.2, -0.15) is 0 Å². The average Bonchev–Trinajstić information content (AvgIpc) is 3.36. The monoisotopic (exact) mass is 393 g/mol. The van der Waals surface area contributed by atoms with E-state index in [1.165, 1.54) is 0 Å². The molecule has 4 aromatic rings. The Morgan fingerprint density at radius 2 is 2.10 bits per heavy atom. The molecule has 0 radical (unpaired) electrons. The van der Waals surface area contributed by atoms with Gasteiger partial charge in [-0.15, -0.1) is 5.10 Å². The Morgan fingerprint density at radius 1 is 1.24 bits per heavy atom.